The number of ether oxygens (including phenoxy) is 2. The van der Waals surface area contributed by atoms with E-state index in [9.17, 15) is 18.4 Å². The van der Waals surface area contributed by atoms with E-state index < -0.39 is 29.4 Å². The number of carbonyl (C=O) groups excluding carboxylic acids is 2. The lowest BCUT2D eigenvalue weighted by Crippen LogP contribution is -2.20. The molecular formula is C33H31F2NO4. The van der Waals surface area contributed by atoms with Crippen molar-refractivity contribution in [1.82, 2.24) is 0 Å². The van der Waals surface area contributed by atoms with Gasteiger partial charge in [-0.05, 0) is 84.5 Å². The molecule has 0 aliphatic rings. The molecule has 0 fully saturated rings. The van der Waals surface area contributed by atoms with E-state index in [0.717, 1.165) is 24.1 Å². The van der Waals surface area contributed by atoms with E-state index in [-0.39, 0.29) is 16.9 Å². The van der Waals surface area contributed by atoms with Gasteiger partial charge in [-0.3, -0.25) is 9.59 Å². The summed E-state index contributed by atoms with van der Waals surface area (Å²) in [5.74, 6) is -2.05. The Kier molecular flexibility index (Phi) is 8.94. The van der Waals surface area contributed by atoms with Gasteiger partial charge in [0.05, 0.1) is 18.6 Å². The predicted molar refractivity (Wildman–Crippen MR) is 152 cm³/mol. The Labute approximate surface area is 232 Å². The van der Waals surface area contributed by atoms with Crippen LogP contribution < -0.4 is 14.8 Å². The second-order valence-corrected chi connectivity index (χ2v) is 10.0. The van der Waals surface area contributed by atoms with Crippen LogP contribution >= 0.6 is 0 Å². The molecule has 4 rings (SSSR count). The number of hydrogen-bond donors (Lipinski definition) is 1. The monoisotopic (exact) mass is 543 g/mol. The maximum Gasteiger partial charge on any atom is 0.318 e. The van der Waals surface area contributed by atoms with Crippen molar-refractivity contribution in [3.05, 3.63) is 113 Å². The number of halogens is 2. The highest BCUT2D eigenvalue weighted by Gasteiger charge is 2.22. The van der Waals surface area contributed by atoms with Gasteiger partial charge in [0.2, 0.25) is 0 Å². The smallest absolute Gasteiger partial charge is 0.318 e. The van der Waals surface area contributed by atoms with Crippen molar-refractivity contribution in [3.8, 4) is 22.6 Å². The third kappa shape index (κ3) is 6.91. The minimum absolute atomic E-state index is 0.0184. The van der Waals surface area contributed by atoms with Gasteiger partial charge in [0.1, 0.15) is 23.1 Å². The van der Waals surface area contributed by atoms with E-state index >= 15 is 0 Å². The number of methoxy groups -OCH3 is 1. The minimum Gasteiger partial charge on any atom is -0.497 e. The molecule has 1 unspecified atom stereocenters. The summed E-state index contributed by atoms with van der Waals surface area (Å²) in [6, 6.07) is 22.1. The van der Waals surface area contributed by atoms with Crippen LogP contribution in [-0.2, 0) is 11.2 Å². The van der Waals surface area contributed by atoms with Crippen molar-refractivity contribution >= 4 is 17.6 Å². The first-order valence-electron chi connectivity index (χ1n) is 13.0. The average molecular weight is 544 g/mol. The lowest BCUT2D eigenvalue weighted by Gasteiger charge is -2.16. The molecule has 1 atom stereocenters. The van der Waals surface area contributed by atoms with Crippen molar-refractivity contribution in [3.63, 3.8) is 0 Å². The van der Waals surface area contributed by atoms with Gasteiger partial charge in [-0.2, -0.15) is 0 Å². The lowest BCUT2D eigenvalue weighted by molar-refractivity contribution is -0.135. The number of nitrogens with one attached hydrogen (secondary N) is 1. The highest BCUT2D eigenvalue weighted by molar-refractivity contribution is 6.07. The summed E-state index contributed by atoms with van der Waals surface area (Å²) < 4.78 is 38.9. The third-order valence-corrected chi connectivity index (χ3v) is 6.50. The molecule has 0 bridgehead atoms. The van der Waals surface area contributed by atoms with Gasteiger partial charge in [-0.25, -0.2) is 8.78 Å². The summed E-state index contributed by atoms with van der Waals surface area (Å²) in [7, 11) is 1.54. The van der Waals surface area contributed by atoms with E-state index in [2.05, 4.69) is 19.2 Å². The molecule has 0 heterocycles. The van der Waals surface area contributed by atoms with Crippen molar-refractivity contribution in [2.75, 3.05) is 12.4 Å². The van der Waals surface area contributed by atoms with Crippen LogP contribution in [0.2, 0.25) is 0 Å². The van der Waals surface area contributed by atoms with Crippen LogP contribution in [0, 0.1) is 17.6 Å². The Morgan fingerprint density at radius 2 is 1.55 bits per heavy atom. The van der Waals surface area contributed by atoms with Gasteiger partial charge in [-0.1, -0.05) is 44.2 Å². The number of rotatable bonds is 9. The Hall–Kier alpha value is -4.52. The molecule has 0 spiro atoms. The molecule has 1 N–H and O–H groups in total. The van der Waals surface area contributed by atoms with Crippen molar-refractivity contribution in [2.24, 2.45) is 5.92 Å². The minimum atomic E-state index is -0.777. The molecule has 4 aromatic rings. The fourth-order valence-corrected chi connectivity index (χ4v) is 4.31. The van der Waals surface area contributed by atoms with Crippen LogP contribution in [0.25, 0.3) is 11.1 Å². The summed E-state index contributed by atoms with van der Waals surface area (Å²) in [5.41, 5.74) is 2.90. The zero-order chi connectivity index (χ0) is 28.8. The van der Waals surface area contributed by atoms with E-state index in [4.69, 9.17) is 9.47 Å². The summed E-state index contributed by atoms with van der Waals surface area (Å²) in [4.78, 5) is 26.5. The van der Waals surface area contributed by atoms with Crippen LogP contribution in [0.5, 0.6) is 11.5 Å². The SMILES string of the molecule is COc1ccc(NC(=O)c2cc(-c3ccc(F)cc3F)ccc2OC(=O)C(C)c2ccc(CC(C)C)cc2)cc1. The number of amides is 1. The molecule has 0 saturated carbocycles. The fourth-order valence-electron chi connectivity index (χ4n) is 4.31. The van der Waals surface area contributed by atoms with Gasteiger partial charge >= 0.3 is 5.97 Å². The molecule has 0 radical (unpaired) electrons. The van der Waals surface area contributed by atoms with Crippen LogP contribution in [0.4, 0.5) is 14.5 Å². The number of esters is 1. The first kappa shape index (κ1) is 28.5. The molecular weight excluding hydrogens is 512 g/mol. The van der Waals surface area contributed by atoms with E-state index in [1.54, 1.807) is 31.2 Å². The van der Waals surface area contributed by atoms with Gasteiger partial charge < -0.3 is 14.8 Å². The molecule has 40 heavy (non-hydrogen) atoms. The zero-order valence-corrected chi connectivity index (χ0v) is 22.8. The molecule has 5 nitrogen and oxygen atoms in total. The molecule has 0 aromatic heterocycles. The quantitative estimate of drug-likeness (QED) is 0.173. The predicted octanol–water partition coefficient (Wildman–Crippen LogP) is 7.80. The van der Waals surface area contributed by atoms with Crippen LogP contribution in [0.3, 0.4) is 0 Å². The lowest BCUT2D eigenvalue weighted by atomic mass is 9.97. The first-order valence-corrected chi connectivity index (χ1v) is 13.0. The largest absolute Gasteiger partial charge is 0.497 e. The first-order chi connectivity index (χ1) is 19.1. The topological polar surface area (TPSA) is 64.6 Å². The third-order valence-electron chi connectivity index (χ3n) is 6.50. The van der Waals surface area contributed by atoms with Gasteiger partial charge in [0.15, 0.2) is 0 Å². The molecule has 206 valence electrons. The summed E-state index contributed by atoms with van der Waals surface area (Å²) in [6.07, 6.45) is 0.937. The van der Waals surface area contributed by atoms with Gasteiger partial charge in [0.25, 0.3) is 5.91 Å². The van der Waals surface area contributed by atoms with Gasteiger partial charge in [-0.15, -0.1) is 0 Å². The number of benzene rings is 4. The van der Waals surface area contributed by atoms with Crippen LogP contribution in [-0.4, -0.2) is 19.0 Å². The summed E-state index contributed by atoms with van der Waals surface area (Å²) >= 11 is 0. The van der Waals surface area contributed by atoms with E-state index in [1.807, 2.05) is 24.3 Å². The Bertz CT molecular complexity index is 1500. The van der Waals surface area contributed by atoms with Crippen LogP contribution in [0.1, 0.15) is 48.2 Å². The Morgan fingerprint density at radius 3 is 2.17 bits per heavy atom. The number of anilines is 1. The number of hydrogen-bond acceptors (Lipinski definition) is 4. The maximum atomic E-state index is 14.6. The standard InChI is InChI=1S/C33H31F2NO4/c1-20(2)17-22-5-7-23(8-6-22)21(3)33(38)40-31-16-9-24(28-15-10-25(34)19-30(28)35)18-29(31)32(37)36-26-11-13-27(39-4)14-12-26/h5-16,18-21H,17H2,1-4H3,(H,36,37). The van der Waals surface area contributed by atoms with Crippen molar-refractivity contribution in [2.45, 2.75) is 33.1 Å². The second kappa shape index (κ2) is 12.6. The summed E-state index contributed by atoms with van der Waals surface area (Å²) in [6.45, 7) is 6.02. The molecule has 4 aromatic carbocycles. The number of carbonyl (C=O) groups is 2. The highest BCUT2D eigenvalue weighted by atomic mass is 19.1. The van der Waals surface area contributed by atoms with Crippen molar-refractivity contribution < 1.29 is 27.8 Å². The highest BCUT2D eigenvalue weighted by Crippen LogP contribution is 2.31. The van der Waals surface area contributed by atoms with E-state index in [0.29, 0.717) is 22.9 Å². The van der Waals surface area contributed by atoms with Crippen molar-refractivity contribution in [1.29, 1.82) is 0 Å². The Morgan fingerprint density at radius 1 is 0.850 bits per heavy atom. The van der Waals surface area contributed by atoms with Crippen LogP contribution in [0.15, 0.2) is 84.9 Å². The van der Waals surface area contributed by atoms with E-state index in [1.165, 1.54) is 36.9 Å². The Balaban J connectivity index is 1.63. The fraction of sp³-hybridized carbons (Fsp3) is 0.212. The molecule has 0 saturated heterocycles. The normalized spacial score (nSPS) is 11.7. The molecule has 0 aliphatic heterocycles. The molecule has 0 aliphatic carbocycles. The molecule has 1 amide bonds. The zero-order valence-electron chi connectivity index (χ0n) is 22.8. The average Bonchev–Trinajstić information content (AvgIpc) is 2.93. The maximum absolute atomic E-state index is 14.6. The molecule has 7 heteroatoms. The van der Waals surface area contributed by atoms with Gasteiger partial charge in [0, 0.05) is 17.3 Å². The second-order valence-electron chi connectivity index (χ2n) is 10.0. The summed E-state index contributed by atoms with van der Waals surface area (Å²) in [5, 5.41) is 2.77.